The lowest BCUT2D eigenvalue weighted by Crippen LogP contribution is -2.71. The maximum atomic E-state index is 14.6. The van der Waals surface area contributed by atoms with E-state index in [-0.39, 0.29) is 55.6 Å². The van der Waals surface area contributed by atoms with Crippen LogP contribution in [0.4, 0.5) is 4.79 Å². The fraction of sp³-hybridized carbons (Fsp3) is 0.447. The highest BCUT2D eigenvalue weighted by Crippen LogP contribution is 2.41. The first-order chi connectivity index (χ1) is 29.6. The van der Waals surface area contributed by atoms with Crippen LogP contribution < -0.4 is 21.7 Å². The van der Waals surface area contributed by atoms with E-state index in [2.05, 4.69) is 21.7 Å². The Kier molecular flexibility index (Phi) is 14.1. The summed E-state index contributed by atoms with van der Waals surface area (Å²) in [5.74, 6) is -1.98. The van der Waals surface area contributed by atoms with E-state index in [1.165, 1.54) is 4.57 Å². The third-order valence-corrected chi connectivity index (χ3v) is 12.4. The van der Waals surface area contributed by atoms with Gasteiger partial charge in [-0.15, -0.1) is 0 Å². The summed E-state index contributed by atoms with van der Waals surface area (Å²) in [6.07, 6.45) is 7.96. The van der Waals surface area contributed by atoms with E-state index >= 15 is 0 Å². The first-order valence-corrected chi connectivity index (χ1v) is 21.7. The summed E-state index contributed by atoms with van der Waals surface area (Å²) in [5.41, 5.74) is 6.79. The van der Waals surface area contributed by atoms with Crippen molar-refractivity contribution in [2.24, 2.45) is 5.92 Å². The number of rotatable bonds is 18. The number of unbranched alkanes of at least 4 members (excludes halogenated alkanes) is 3. The number of carbonyl (C=O) groups is 6. The predicted molar refractivity (Wildman–Crippen MR) is 228 cm³/mol. The van der Waals surface area contributed by atoms with Gasteiger partial charge in [0.2, 0.25) is 29.5 Å². The van der Waals surface area contributed by atoms with Crippen LogP contribution in [0.15, 0.2) is 91.1 Å². The zero-order chi connectivity index (χ0) is 42.9. The second-order valence-corrected chi connectivity index (χ2v) is 16.7. The average molecular weight is 833 g/mol. The molecule has 322 valence electrons. The van der Waals surface area contributed by atoms with Crippen LogP contribution in [0.2, 0.25) is 0 Å². The summed E-state index contributed by atoms with van der Waals surface area (Å²) in [6, 6.07) is 22.3. The van der Waals surface area contributed by atoms with Crippen molar-refractivity contribution in [1.29, 1.82) is 0 Å². The summed E-state index contributed by atoms with van der Waals surface area (Å²) >= 11 is 0. The van der Waals surface area contributed by atoms with Crippen LogP contribution in [-0.2, 0) is 48.1 Å². The predicted octanol–water partition coefficient (Wildman–Crippen LogP) is 3.50. The Morgan fingerprint density at radius 2 is 1.49 bits per heavy atom. The normalized spacial score (nSPS) is 20.3. The van der Waals surface area contributed by atoms with Gasteiger partial charge in [-0.25, -0.2) is 4.79 Å². The van der Waals surface area contributed by atoms with Gasteiger partial charge >= 0.3 is 6.09 Å². The zero-order valence-corrected chi connectivity index (χ0v) is 34.9. The van der Waals surface area contributed by atoms with Crippen molar-refractivity contribution in [3.8, 4) is 0 Å². The first kappa shape index (κ1) is 43.1. The molecule has 8 rings (SSSR count). The Morgan fingerprint density at radius 3 is 2.21 bits per heavy atom. The van der Waals surface area contributed by atoms with Crippen molar-refractivity contribution in [2.75, 3.05) is 20.2 Å². The van der Waals surface area contributed by atoms with Crippen LogP contribution in [0.5, 0.6) is 0 Å². The molecule has 6 N–H and O–H groups in total. The molecule has 14 heteroatoms. The van der Waals surface area contributed by atoms with E-state index < -0.39 is 42.1 Å². The minimum atomic E-state index is -1.24. The molecule has 3 aliphatic heterocycles. The maximum absolute atomic E-state index is 14.6. The number of ether oxygens (including phenoxy) is 1. The van der Waals surface area contributed by atoms with E-state index in [1.807, 2.05) is 72.8 Å². The molecule has 5 amide bonds. The van der Waals surface area contributed by atoms with Crippen LogP contribution >= 0.6 is 0 Å². The van der Waals surface area contributed by atoms with Gasteiger partial charge in [0, 0.05) is 44.1 Å². The number of hydrogen-bond donors (Lipinski definition) is 4. The molecule has 14 nitrogen and oxygen atoms in total. The zero-order valence-electron chi connectivity index (χ0n) is 34.9. The van der Waals surface area contributed by atoms with E-state index in [4.69, 9.17) is 4.74 Å². The van der Waals surface area contributed by atoms with Crippen LogP contribution in [0.1, 0.15) is 74.5 Å². The first-order valence-electron chi connectivity index (χ1n) is 21.7. The molecule has 4 fully saturated rings. The molecular formula is C47H58N7O7+. The second kappa shape index (κ2) is 20.0. The number of nitrogens with zero attached hydrogens (tertiary/aromatic N) is 3. The number of amides is 5. The minimum absolute atomic E-state index is 0.0284. The van der Waals surface area contributed by atoms with E-state index in [0.717, 1.165) is 69.0 Å². The largest absolute Gasteiger partial charge is 0.449 e. The summed E-state index contributed by atoms with van der Waals surface area (Å²) < 4.78 is 7.07. The highest BCUT2D eigenvalue weighted by molar-refractivity contribution is 6.01. The quantitative estimate of drug-likeness (QED) is 0.111. The molecule has 61 heavy (non-hydrogen) atoms. The highest BCUT2D eigenvalue weighted by Gasteiger charge is 2.52. The number of fused-ring (bicyclic) bond motifs is 3. The molecule has 0 spiro atoms. The molecule has 0 radical (unpaired) electrons. The van der Waals surface area contributed by atoms with Gasteiger partial charge in [0.1, 0.15) is 24.2 Å². The number of aromatic nitrogens is 1. The molecule has 4 atom stereocenters. The standard InChI is InChI=1S/C47H57N7O7/c1-52(29-32-16-8-5-9-17-32)45(58)38(26-31-14-6-4-7-15-31)50-43(56)37(49-41(55)28-39-46(59)54-35-22-20-33(21-23-35)42(54)44(57)51-39)27-34-30-53(40-19-11-10-18-36(34)40)47(60)61-25-13-3-2-12-24-48/h4-11,14-19,30,33,35,37-39,42H,2-3,12-13,20-29,48H2,1H3,(H,49,55)(H,50,56)(H,51,57)/p+1. The fourth-order valence-corrected chi connectivity index (χ4v) is 9.26. The van der Waals surface area contributed by atoms with Crippen LogP contribution in [0.3, 0.4) is 0 Å². The lowest BCUT2D eigenvalue weighted by Gasteiger charge is -2.53. The van der Waals surface area contributed by atoms with Crippen molar-refractivity contribution in [3.63, 3.8) is 0 Å². The molecule has 2 bridgehead atoms. The molecule has 1 aliphatic carbocycles. The Labute approximate surface area is 356 Å². The van der Waals surface area contributed by atoms with Crippen LogP contribution in [-0.4, -0.2) is 100 Å². The minimum Gasteiger partial charge on any atom is -0.449 e. The molecule has 4 heterocycles. The number of piperazine rings is 1. The SMILES string of the molecule is CN(Cc1ccccc1)C(=O)C(Cc1ccccc1)NC(=O)C(Cc1cn(C(=O)OCCCCCC[NH3+])c2ccccc12)NC(=O)CC1NC(=O)C2C3CCC(CC3)N2C1=O. The molecule has 1 aromatic heterocycles. The number of nitrogens with one attached hydrogen (secondary N) is 3. The number of hydrogen-bond acceptors (Lipinski definition) is 7. The third-order valence-electron chi connectivity index (χ3n) is 12.4. The Balaban J connectivity index is 1.14. The van der Waals surface area contributed by atoms with E-state index in [0.29, 0.717) is 23.0 Å². The number of benzene rings is 3. The summed E-state index contributed by atoms with van der Waals surface area (Å²) in [4.78, 5) is 86.8. The van der Waals surface area contributed by atoms with Crippen molar-refractivity contribution < 1.29 is 39.2 Å². The second-order valence-electron chi connectivity index (χ2n) is 16.7. The van der Waals surface area contributed by atoms with Gasteiger partial charge in [0.15, 0.2) is 0 Å². The van der Waals surface area contributed by atoms with Crippen LogP contribution in [0, 0.1) is 5.92 Å². The van der Waals surface area contributed by atoms with Crippen molar-refractivity contribution in [2.45, 2.75) is 107 Å². The number of quaternary nitrogens is 1. The van der Waals surface area contributed by atoms with Crippen molar-refractivity contribution >= 4 is 46.5 Å². The lowest BCUT2D eigenvalue weighted by molar-refractivity contribution is -0.368. The molecule has 4 aromatic rings. The smallest absolute Gasteiger partial charge is 0.418 e. The van der Waals surface area contributed by atoms with Gasteiger partial charge in [-0.2, -0.15) is 0 Å². The highest BCUT2D eigenvalue weighted by atomic mass is 16.5. The molecule has 3 aromatic carbocycles. The number of likely N-dealkylation sites (N-methyl/N-ethyl adjacent to an activating group) is 1. The Hall–Kier alpha value is -6.02. The van der Waals surface area contributed by atoms with Gasteiger partial charge in [0.25, 0.3) is 0 Å². The monoisotopic (exact) mass is 832 g/mol. The summed E-state index contributed by atoms with van der Waals surface area (Å²) in [5, 5.41) is 9.33. The number of carbonyl (C=O) groups excluding carboxylic acids is 6. The van der Waals surface area contributed by atoms with E-state index in [1.54, 1.807) is 35.2 Å². The molecule has 4 unspecified atom stereocenters. The average Bonchev–Trinajstić information content (AvgIpc) is 3.64. The van der Waals surface area contributed by atoms with Gasteiger partial charge in [0.05, 0.1) is 25.1 Å². The fourth-order valence-electron chi connectivity index (χ4n) is 9.26. The molecule has 4 aliphatic rings. The topological polar surface area (TPSA) is 187 Å². The van der Waals surface area contributed by atoms with E-state index in [9.17, 15) is 28.8 Å². The number of para-hydroxylation sites is 1. The lowest BCUT2D eigenvalue weighted by atomic mass is 9.73. The maximum Gasteiger partial charge on any atom is 0.418 e. The Bertz CT molecular complexity index is 2190. The van der Waals surface area contributed by atoms with Crippen LogP contribution in [0.25, 0.3) is 10.9 Å². The van der Waals surface area contributed by atoms with Gasteiger partial charge in [-0.3, -0.25) is 28.5 Å². The number of piperidine rings is 2. The summed E-state index contributed by atoms with van der Waals surface area (Å²) in [7, 11) is 1.68. The molecule has 1 saturated carbocycles. The molecular weight excluding hydrogens is 775 g/mol. The molecule has 3 saturated heterocycles. The van der Waals surface area contributed by atoms with Gasteiger partial charge in [-0.1, -0.05) is 78.9 Å². The summed E-state index contributed by atoms with van der Waals surface area (Å²) in [6.45, 7) is 1.43. The Morgan fingerprint density at radius 1 is 0.820 bits per heavy atom. The van der Waals surface area contributed by atoms with Crippen molar-refractivity contribution in [3.05, 3.63) is 108 Å². The van der Waals surface area contributed by atoms with Crippen molar-refractivity contribution in [1.82, 2.24) is 30.3 Å². The third kappa shape index (κ3) is 10.3. The van der Waals surface area contributed by atoms with Gasteiger partial charge < -0.3 is 36.2 Å². The van der Waals surface area contributed by atoms with Gasteiger partial charge in [-0.05, 0) is 80.0 Å².